The van der Waals surface area contributed by atoms with Gasteiger partial charge in [0.2, 0.25) is 5.75 Å². The fourth-order valence-electron chi connectivity index (χ4n) is 3.09. The van der Waals surface area contributed by atoms with Crippen LogP contribution >= 0.6 is 11.6 Å². The molecular weight excluding hydrogens is 382 g/mol. The van der Waals surface area contributed by atoms with Gasteiger partial charge in [-0.1, -0.05) is 23.7 Å². The number of carbonyl (C=O) groups is 1. The number of methoxy groups -OCH3 is 3. The van der Waals surface area contributed by atoms with Crippen LogP contribution in [0.15, 0.2) is 36.4 Å². The highest BCUT2D eigenvalue weighted by Gasteiger charge is 2.22. The first-order chi connectivity index (χ1) is 13.4. The molecule has 0 heterocycles. The van der Waals surface area contributed by atoms with Crippen molar-refractivity contribution in [3.05, 3.63) is 52.5 Å². The molecule has 2 aromatic carbocycles. The third kappa shape index (κ3) is 5.09. The summed E-state index contributed by atoms with van der Waals surface area (Å²) in [7, 11) is 6.26. The van der Waals surface area contributed by atoms with Gasteiger partial charge in [-0.3, -0.25) is 4.79 Å². The number of rotatable bonds is 9. The lowest BCUT2D eigenvalue weighted by Gasteiger charge is -2.25. The maximum Gasteiger partial charge on any atom is 0.253 e. The van der Waals surface area contributed by atoms with Crippen molar-refractivity contribution in [1.29, 1.82) is 0 Å². The molecule has 0 aliphatic rings. The number of ether oxygens (including phenoxy) is 3. The number of aliphatic hydroxyl groups excluding tert-OH is 1. The van der Waals surface area contributed by atoms with E-state index in [1.54, 1.807) is 24.1 Å². The van der Waals surface area contributed by atoms with Crippen molar-refractivity contribution in [3.63, 3.8) is 0 Å². The number of carbonyl (C=O) groups excluding carboxylic acids is 1. The Morgan fingerprint density at radius 2 is 1.64 bits per heavy atom. The van der Waals surface area contributed by atoms with E-state index in [4.69, 9.17) is 25.8 Å². The molecule has 2 rings (SSSR count). The third-order valence-electron chi connectivity index (χ3n) is 4.57. The number of hydrogen-bond donors (Lipinski definition) is 1. The Balaban J connectivity index is 2.26. The maximum atomic E-state index is 13.0. The molecule has 28 heavy (non-hydrogen) atoms. The molecule has 0 aliphatic heterocycles. The molecule has 0 fully saturated rings. The van der Waals surface area contributed by atoms with Gasteiger partial charge in [-0.05, 0) is 36.2 Å². The molecule has 0 saturated heterocycles. The summed E-state index contributed by atoms with van der Waals surface area (Å²) in [5.41, 5.74) is 1.44. The summed E-state index contributed by atoms with van der Waals surface area (Å²) in [6.45, 7) is 0.469. The molecule has 1 amide bonds. The summed E-state index contributed by atoms with van der Waals surface area (Å²) in [5, 5.41) is 10.1. The van der Waals surface area contributed by atoms with Crippen LogP contribution in [0.5, 0.6) is 17.2 Å². The number of nitrogens with zero attached hydrogens (tertiary/aromatic N) is 1. The van der Waals surface area contributed by atoms with Gasteiger partial charge in [0.15, 0.2) is 11.5 Å². The van der Waals surface area contributed by atoms with E-state index in [9.17, 15) is 9.90 Å². The molecule has 0 bridgehead atoms. The highest BCUT2D eigenvalue weighted by Crippen LogP contribution is 2.38. The van der Waals surface area contributed by atoms with Gasteiger partial charge in [0.1, 0.15) is 0 Å². The molecule has 1 N–H and O–H groups in total. The minimum absolute atomic E-state index is 0.0155. The van der Waals surface area contributed by atoms with Crippen molar-refractivity contribution >= 4 is 17.5 Å². The summed E-state index contributed by atoms with van der Waals surface area (Å²) in [4.78, 5) is 14.6. The van der Waals surface area contributed by atoms with Gasteiger partial charge in [0.25, 0.3) is 5.91 Å². The summed E-state index contributed by atoms with van der Waals surface area (Å²) in [6.07, 6.45) is 0.536. The van der Waals surface area contributed by atoms with Crippen LogP contribution in [0.3, 0.4) is 0 Å². The predicted octanol–water partition coefficient (Wildman–Crippen LogP) is 3.60. The Bertz CT molecular complexity index is 769. The Kier molecular flexibility index (Phi) is 7.96. The van der Waals surface area contributed by atoms with E-state index in [0.717, 1.165) is 5.56 Å². The van der Waals surface area contributed by atoms with E-state index in [-0.39, 0.29) is 18.4 Å². The first kappa shape index (κ1) is 21.9. The minimum Gasteiger partial charge on any atom is -0.493 e. The monoisotopic (exact) mass is 407 g/mol. The van der Waals surface area contributed by atoms with E-state index < -0.39 is 0 Å². The van der Waals surface area contributed by atoms with Crippen LogP contribution in [0.4, 0.5) is 0 Å². The van der Waals surface area contributed by atoms with Crippen LogP contribution in [0.2, 0.25) is 5.02 Å². The van der Waals surface area contributed by atoms with Gasteiger partial charge in [-0.2, -0.15) is 0 Å². The number of likely N-dealkylation sites (N-methyl/N-ethyl adjacent to an activating group) is 1. The van der Waals surface area contributed by atoms with Gasteiger partial charge in [0, 0.05) is 36.7 Å². The number of halogens is 1. The quantitative estimate of drug-likeness (QED) is 0.687. The molecule has 7 heteroatoms. The van der Waals surface area contributed by atoms with Gasteiger partial charge in [-0.25, -0.2) is 0 Å². The normalized spacial score (nSPS) is 11.6. The summed E-state index contributed by atoms with van der Waals surface area (Å²) in [6, 6.07) is 10.7. The van der Waals surface area contributed by atoms with E-state index in [1.807, 2.05) is 24.3 Å². The van der Waals surface area contributed by atoms with Crippen molar-refractivity contribution in [2.45, 2.75) is 12.3 Å². The standard InChI is InChI=1S/C21H26ClNO5/c1-23(13-15(9-10-24)14-5-7-17(22)8-6-14)21(25)16-11-18(26-2)20(28-4)19(12-16)27-3/h5-8,11-12,15,24H,9-10,13H2,1-4H3. The van der Waals surface area contributed by atoms with Crippen LogP contribution < -0.4 is 14.2 Å². The minimum atomic E-state index is -0.184. The van der Waals surface area contributed by atoms with Crippen LogP contribution in [-0.4, -0.2) is 57.4 Å². The average molecular weight is 408 g/mol. The van der Waals surface area contributed by atoms with Crippen LogP contribution in [0.1, 0.15) is 28.3 Å². The lowest BCUT2D eigenvalue weighted by Crippen LogP contribution is -2.31. The van der Waals surface area contributed by atoms with E-state index in [0.29, 0.717) is 40.8 Å². The van der Waals surface area contributed by atoms with E-state index >= 15 is 0 Å². The second kappa shape index (κ2) is 10.2. The third-order valence-corrected chi connectivity index (χ3v) is 4.82. The average Bonchev–Trinajstić information content (AvgIpc) is 2.72. The topological polar surface area (TPSA) is 68.2 Å². The van der Waals surface area contributed by atoms with Crippen molar-refractivity contribution in [1.82, 2.24) is 4.90 Å². The first-order valence-corrected chi connectivity index (χ1v) is 9.24. The molecule has 1 unspecified atom stereocenters. The molecule has 0 aliphatic carbocycles. The smallest absolute Gasteiger partial charge is 0.253 e. The molecule has 0 radical (unpaired) electrons. The van der Waals surface area contributed by atoms with Gasteiger partial charge < -0.3 is 24.2 Å². The fourth-order valence-corrected chi connectivity index (χ4v) is 3.22. The van der Waals surface area contributed by atoms with Crippen LogP contribution in [0, 0.1) is 0 Å². The van der Waals surface area contributed by atoms with Gasteiger partial charge >= 0.3 is 0 Å². The highest BCUT2D eigenvalue weighted by molar-refractivity contribution is 6.30. The van der Waals surface area contributed by atoms with Gasteiger partial charge in [-0.15, -0.1) is 0 Å². The summed E-state index contributed by atoms with van der Waals surface area (Å²) in [5.74, 6) is 1.07. The number of hydrogen-bond acceptors (Lipinski definition) is 5. The Labute approximate surface area is 170 Å². The fraction of sp³-hybridized carbons (Fsp3) is 0.381. The zero-order chi connectivity index (χ0) is 20.7. The molecule has 0 spiro atoms. The van der Waals surface area contributed by atoms with E-state index in [2.05, 4.69) is 0 Å². The lowest BCUT2D eigenvalue weighted by molar-refractivity contribution is 0.0780. The molecule has 152 valence electrons. The maximum absolute atomic E-state index is 13.0. The molecule has 2 aromatic rings. The molecule has 0 aromatic heterocycles. The second-order valence-electron chi connectivity index (χ2n) is 6.36. The van der Waals surface area contributed by atoms with Crippen molar-refractivity contribution < 1.29 is 24.1 Å². The van der Waals surface area contributed by atoms with Crippen molar-refractivity contribution in [2.75, 3.05) is 41.5 Å². The van der Waals surface area contributed by atoms with E-state index in [1.165, 1.54) is 21.3 Å². The van der Waals surface area contributed by atoms with Crippen LogP contribution in [0.25, 0.3) is 0 Å². The Hall–Kier alpha value is -2.44. The summed E-state index contributed by atoms with van der Waals surface area (Å²) < 4.78 is 16.0. The molecular formula is C21H26ClNO5. The number of aliphatic hydroxyl groups is 1. The second-order valence-corrected chi connectivity index (χ2v) is 6.80. The van der Waals surface area contributed by atoms with Gasteiger partial charge in [0.05, 0.1) is 21.3 Å². The highest BCUT2D eigenvalue weighted by atomic mass is 35.5. The predicted molar refractivity (Wildman–Crippen MR) is 109 cm³/mol. The van der Waals surface area contributed by atoms with Crippen molar-refractivity contribution in [3.8, 4) is 17.2 Å². The summed E-state index contributed by atoms with van der Waals surface area (Å²) >= 11 is 5.96. The number of amides is 1. The Morgan fingerprint density at radius 3 is 2.11 bits per heavy atom. The molecule has 6 nitrogen and oxygen atoms in total. The zero-order valence-electron chi connectivity index (χ0n) is 16.6. The first-order valence-electron chi connectivity index (χ1n) is 8.86. The largest absolute Gasteiger partial charge is 0.493 e. The Morgan fingerprint density at radius 1 is 1.07 bits per heavy atom. The number of benzene rings is 2. The van der Waals surface area contributed by atoms with Crippen LogP contribution in [-0.2, 0) is 0 Å². The molecule has 1 atom stereocenters. The zero-order valence-corrected chi connectivity index (χ0v) is 17.3. The van der Waals surface area contributed by atoms with Crippen molar-refractivity contribution in [2.24, 2.45) is 0 Å². The lowest BCUT2D eigenvalue weighted by atomic mass is 9.95. The SMILES string of the molecule is COc1cc(C(=O)N(C)CC(CCO)c2ccc(Cl)cc2)cc(OC)c1OC. The molecule has 0 saturated carbocycles.